The summed E-state index contributed by atoms with van der Waals surface area (Å²) in [5, 5.41) is 0.440. The van der Waals surface area contributed by atoms with Gasteiger partial charge in [-0.1, -0.05) is 42.5 Å². The minimum atomic E-state index is -0.305. The van der Waals surface area contributed by atoms with Gasteiger partial charge in [0, 0.05) is 24.4 Å². The predicted octanol–water partition coefficient (Wildman–Crippen LogP) is 4.63. The summed E-state index contributed by atoms with van der Waals surface area (Å²) in [4.78, 5) is 26.7. The maximum absolute atomic E-state index is 13.4. The molecule has 2 heterocycles. The van der Waals surface area contributed by atoms with Crippen molar-refractivity contribution in [1.29, 1.82) is 0 Å². The van der Waals surface area contributed by atoms with Crippen LogP contribution in [0.1, 0.15) is 32.6 Å². The number of hydrogen-bond donors (Lipinski definition) is 0. The molecule has 0 radical (unpaired) electrons. The number of carbonyl (C=O) groups excluding carboxylic acids is 1. The van der Waals surface area contributed by atoms with Crippen molar-refractivity contribution >= 4 is 16.7 Å². The van der Waals surface area contributed by atoms with Gasteiger partial charge in [-0.25, -0.2) is 0 Å². The van der Waals surface area contributed by atoms with Gasteiger partial charge in [0.1, 0.15) is 0 Å². The molecule has 31 heavy (non-hydrogen) atoms. The van der Waals surface area contributed by atoms with Crippen molar-refractivity contribution in [3.63, 3.8) is 0 Å². The van der Waals surface area contributed by atoms with Crippen molar-refractivity contribution in [2.75, 3.05) is 6.79 Å². The third-order valence-electron chi connectivity index (χ3n) is 5.78. The highest BCUT2D eigenvalue weighted by atomic mass is 16.7. The summed E-state index contributed by atoms with van der Waals surface area (Å²) in [5.41, 5.74) is 4.23. The molecule has 4 aromatic rings. The van der Waals surface area contributed by atoms with E-state index in [2.05, 4.69) is 0 Å². The molecule has 5 heteroatoms. The van der Waals surface area contributed by atoms with E-state index in [1.165, 1.54) is 0 Å². The molecule has 0 atom stereocenters. The van der Waals surface area contributed by atoms with Crippen molar-refractivity contribution in [2.45, 2.75) is 20.4 Å². The average Bonchev–Trinajstić information content (AvgIpc) is 3.24. The zero-order valence-corrected chi connectivity index (χ0v) is 17.3. The summed E-state index contributed by atoms with van der Waals surface area (Å²) in [6.07, 6.45) is 1.66. The zero-order valence-electron chi connectivity index (χ0n) is 17.3. The van der Waals surface area contributed by atoms with Crippen LogP contribution in [-0.4, -0.2) is 17.1 Å². The standard InChI is InChI=1S/C26H21NO4/c1-16-8-9-19(10-17(16)2)25(28)21-14-27(13-18-6-4-3-5-7-18)22-12-24-23(30-15-31-24)11-20(22)26(21)29/h3-12,14H,13,15H2,1-2H3. The monoisotopic (exact) mass is 411 g/mol. The summed E-state index contributed by atoms with van der Waals surface area (Å²) < 4.78 is 12.9. The highest BCUT2D eigenvalue weighted by Gasteiger charge is 2.22. The van der Waals surface area contributed by atoms with Crippen LogP contribution in [0.4, 0.5) is 0 Å². The maximum atomic E-state index is 13.4. The number of fused-ring (bicyclic) bond motifs is 2. The number of aromatic nitrogens is 1. The Labute approximate surface area is 179 Å². The number of carbonyl (C=O) groups is 1. The van der Waals surface area contributed by atoms with Crippen LogP contribution in [0.15, 0.2) is 71.7 Å². The highest BCUT2D eigenvalue weighted by Crippen LogP contribution is 2.35. The Hall–Kier alpha value is -3.86. The summed E-state index contributed by atoms with van der Waals surface area (Å²) >= 11 is 0. The first-order chi connectivity index (χ1) is 15.0. The Morgan fingerprint density at radius 1 is 0.935 bits per heavy atom. The van der Waals surface area contributed by atoms with Crippen molar-refractivity contribution in [3.8, 4) is 11.5 Å². The average molecular weight is 411 g/mol. The Balaban J connectivity index is 1.72. The molecule has 1 aliphatic rings. The van der Waals surface area contributed by atoms with Crippen LogP contribution in [0.5, 0.6) is 11.5 Å². The van der Waals surface area contributed by atoms with Gasteiger partial charge in [-0.05, 0) is 42.7 Å². The van der Waals surface area contributed by atoms with Gasteiger partial charge in [-0.15, -0.1) is 0 Å². The molecule has 1 aromatic heterocycles. The molecule has 0 aliphatic carbocycles. The second-order valence-electron chi connectivity index (χ2n) is 7.84. The third-order valence-corrected chi connectivity index (χ3v) is 5.78. The van der Waals surface area contributed by atoms with Crippen molar-refractivity contribution in [3.05, 3.63) is 105 Å². The molecule has 3 aromatic carbocycles. The van der Waals surface area contributed by atoms with Crippen LogP contribution < -0.4 is 14.9 Å². The van der Waals surface area contributed by atoms with E-state index in [9.17, 15) is 9.59 Å². The first kappa shape index (κ1) is 19.1. The van der Waals surface area contributed by atoms with E-state index in [-0.39, 0.29) is 23.6 Å². The Morgan fingerprint density at radius 2 is 1.68 bits per heavy atom. The molecule has 1 aliphatic heterocycles. The summed E-state index contributed by atoms with van der Waals surface area (Å²) in [7, 11) is 0. The predicted molar refractivity (Wildman–Crippen MR) is 119 cm³/mol. The normalized spacial score (nSPS) is 12.3. The molecule has 0 fully saturated rings. The van der Waals surface area contributed by atoms with Gasteiger partial charge in [0.25, 0.3) is 0 Å². The molecule has 0 unspecified atom stereocenters. The Morgan fingerprint density at radius 3 is 2.42 bits per heavy atom. The van der Waals surface area contributed by atoms with E-state index >= 15 is 0 Å². The Kier molecular flexibility index (Phi) is 4.59. The molecule has 154 valence electrons. The van der Waals surface area contributed by atoms with E-state index in [1.807, 2.05) is 66.9 Å². The van der Waals surface area contributed by atoms with Gasteiger partial charge >= 0.3 is 0 Å². The van der Waals surface area contributed by atoms with E-state index in [1.54, 1.807) is 18.3 Å². The topological polar surface area (TPSA) is 57.5 Å². The smallest absolute Gasteiger partial charge is 0.231 e. The number of aryl methyl sites for hydroxylation is 2. The summed E-state index contributed by atoms with van der Waals surface area (Å²) in [6, 6.07) is 18.9. The zero-order chi connectivity index (χ0) is 21.5. The number of pyridine rings is 1. The molecule has 0 saturated heterocycles. The number of rotatable bonds is 4. The fourth-order valence-electron chi connectivity index (χ4n) is 3.89. The van der Waals surface area contributed by atoms with Crippen LogP contribution in [0.25, 0.3) is 10.9 Å². The van der Waals surface area contributed by atoms with Crippen molar-refractivity contribution in [1.82, 2.24) is 4.57 Å². The van der Waals surface area contributed by atoms with Gasteiger partial charge in [0.15, 0.2) is 17.3 Å². The summed E-state index contributed by atoms with van der Waals surface area (Å²) in [5.74, 6) is 0.836. The molecular weight excluding hydrogens is 390 g/mol. The van der Waals surface area contributed by atoms with Crippen molar-refractivity contribution < 1.29 is 14.3 Å². The largest absolute Gasteiger partial charge is 0.454 e. The van der Waals surface area contributed by atoms with Gasteiger partial charge in [0.05, 0.1) is 16.5 Å². The summed E-state index contributed by atoms with van der Waals surface area (Å²) in [6.45, 7) is 4.59. The van der Waals surface area contributed by atoms with Gasteiger partial charge < -0.3 is 14.0 Å². The molecule has 0 spiro atoms. The second kappa shape index (κ2) is 7.43. The van der Waals surface area contributed by atoms with E-state index in [0.29, 0.717) is 34.5 Å². The number of hydrogen-bond acceptors (Lipinski definition) is 4. The van der Waals surface area contributed by atoms with E-state index in [0.717, 1.165) is 16.7 Å². The molecule has 0 bridgehead atoms. The van der Waals surface area contributed by atoms with E-state index < -0.39 is 0 Å². The Bertz CT molecular complexity index is 1390. The minimum absolute atomic E-state index is 0.118. The number of nitrogens with zero attached hydrogens (tertiary/aromatic N) is 1. The molecule has 5 rings (SSSR count). The quantitative estimate of drug-likeness (QED) is 0.460. The lowest BCUT2D eigenvalue weighted by Gasteiger charge is -2.14. The van der Waals surface area contributed by atoms with Crippen LogP contribution in [0, 0.1) is 13.8 Å². The lowest BCUT2D eigenvalue weighted by molar-refractivity contribution is 0.103. The van der Waals surface area contributed by atoms with Gasteiger partial charge in [-0.3, -0.25) is 9.59 Å². The SMILES string of the molecule is Cc1ccc(C(=O)c2cn(Cc3ccccc3)c3cc4c(cc3c2=O)OCO4)cc1C. The first-order valence-electron chi connectivity index (χ1n) is 10.1. The fraction of sp³-hybridized carbons (Fsp3) is 0.154. The molecule has 0 N–H and O–H groups in total. The van der Waals surface area contributed by atoms with Crippen LogP contribution in [0.2, 0.25) is 0 Å². The van der Waals surface area contributed by atoms with Gasteiger partial charge in [0.2, 0.25) is 12.2 Å². The maximum Gasteiger partial charge on any atom is 0.231 e. The minimum Gasteiger partial charge on any atom is -0.454 e. The number of benzene rings is 3. The van der Waals surface area contributed by atoms with Crippen LogP contribution >= 0.6 is 0 Å². The third kappa shape index (κ3) is 3.38. The fourth-order valence-corrected chi connectivity index (χ4v) is 3.89. The number of ether oxygens (including phenoxy) is 2. The van der Waals surface area contributed by atoms with Crippen LogP contribution in [-0.2, 0) is 6.54 Å². The number of ketones is 1. The second-order valence-corrected chi connectivity index (χ2v) is 7.84. The molecular formula is C26H21NO4. The van der Waals surface area contributed by atoms with Crippen LogP contribution in [0.3, 0.4) is 0 Å². The molecule has 0 saturated carbocycles. The highest BCUT2D eigenvalue weighted by molar-refractivity contribution is 6.10. The lowest BCUT2D eigenvalue weighted by Crippen LogP contribution is -2.20. The first-order valence-corrected chi connectivity index (χ1v) is 10.1. The van der Waals surface area contributed by atoms with Gasteiger partial charge in [-0.2, -0.15) is 0 Å². The molecule has 0 amide bonds. The van der Waals surface area contributed by atoms with E-state index in [4.69, 9.17) is 9.47 Å². The lowest BCUT2D eigenvalue weighted by atomic mass is 9.98. The molecule has 5 nitrogen and oxygen atoms in total. The van der Waals surface area contributed by atoms with Crippen molar-refractivity contribution in [2.24, 2.45) is 0 Å².